The Balaban J connectivity index is 2.47. The molecule has 0 unspecified atom stereocenters. The fourth-order valence-electron chi connectivity index (χ4n) is 0.881. The maximum Gasteiger partial charge on any atom is 0.359 e. The molecule has 0 aliphatic heterocycles. The number of benzene rings is 1. The molecule has 0 radical (unpaired) electrons. The van der Waals surface area contributed by atoms with E-state index in [2.05, 4.69) is 10.9 Å². The molecule has 3 N–H and O–H groups in total. The Kier molecular flexibility index (Phi) is 3.75. The number of nitrogens with zero attached hydrogens (tertiary/aromatic N) is 1. The molecule has 1 aromatic rings. The van der Waals surface area contributed by atoms with Crippen LogP contribution in [0, 0.1) is 0 Å². The summed E-state index contributed by atoms with van der Waals surface area (Å²) in [6.07, 6.45) is 0. The van der Waals surface area contributed by atoms with Gasteiger partial charge in [0.05, 0.1) is 12.8 Å². The number of urea groups is 1. The van der Waals surface area contributed by atoms with Gasteiger partial charge in [-0.15, -0.1) is 0 Å². The fourth-order valence-corrected chi connectivity index (χ4v) is 0.881. The minimum Gasteiger partial charge on any atom is -0.497 e. The van der Waals surface area contributed by atoms with Crippen molar-refractivity contribution in [3.63, 3.8) is 0 Å². The number of amides is 2. The zero-order chi connectivity index (χ0) is 11.3. The highest BCUT2D eigenvalue weighted by Gasteiger charge is 2.02. The number of ether oxygens (including phenoxy) is 1. The average molecular weight is 211 g/mol. The van der Waals surface area contributed by atoms with Crippen molar-refractivity contribution in [1.29, 1.82) is 0 Å². The van der Waals surface area contributed by atoms with E-state index in [0.717, 1.165) is 5.75 Å². The summed E-state index contributed by atoms with van der Waals surface area (Å²) in [4.78, 5) is 10.9. The summed E-state index contributed by atoms with van der Waals surface area (Å²) in [5, 5.41) is 9.18. The molecule has 2 amide bonds. The van der Waals surface area contributed by atoms with Crippen LogP contribution in [0.2, 0.25) is 0 Å². The van der Waals surface area contributed by atoms with Crippen molar-refractivity contribution < 1.29 is 14.7 Å². The Hall–Kier alpha value is -1.95. The van der Waals surface area contributed by atoms with Crippen LogP contribution < -0.4 is 15.6 Å². The van der Waals surface area contributed by atoms with Crippen LogP contribution in [-0.2, 0) is 0 Å². The third-order valence-electron chi connectivity index (χ3n) is 1.70. The van der Waals surface area contributed by atoms with E-state index in [1.807, 2.05) is 0 Å². The van der Waals surface area contributed by atoms with E-state index in [4.69, 9.17) is 9.94 Å². The molecule has 0 fully saturated rings. The van der Waals surface area contributed by atoms with Crippen molar-refractivity contribution in [2.45, 2.75) is 0 Å². The molecule has 0 saturated carbocycles. The number of methoxy groups -OCH3 is 1. The molecule has 0 bridgehead atoms. The van der Waals surface area contributed by atoms with Gasteiger partial charge in [-0.25, -0.2) is 15.3 Å². The van der Waals surface area contributed by atoms with Gasteiger partial charge in [0, 0.05) is 7.05 Å². The minimum absolute atomic E-state index is 0.441. The second kappa shape index (κ2) is 5.06. The summed E-state index contributed by atoms with van der Waals surface area (Å²) in [6.45, 7) is 0. The molecule has 82 valence electrons. The number of hydrogen-bond donors (Lipinski definition) is 3. The maximum atomic E-state index is 10.9. The second-order valence-electron chi connectivity index (χ2n) is 2.81. The lowest BCUT2D eigenvalue weighted by atomic mass is 10.3. The van der Waals surface area contributed by atoms with Crippen molar-refractivity contribution in [2.24, 2.45) is 0 Å². The van der Waals surface area contributed by atoms with Gasteiger partial charge in [0.15, 0.2) is 0 Å². The zero-order valence-electron chi connectivity index (χ0n) is 8.52. The van der Waals surface area contributed by atoms with Crippen molar-refractivity contribution in [2.75, 3.05) is 19.6 Å². The molecule has 0 saturated heterocycles. The highest BCUT2D eigenvalue weighted by molar-refractivity contribution is 5.74. The second-order valence-corrected chi connectivity index (χ2v) is 2.81. The Bertz CT molecular complexity index is 324. The summed E-state index contributed by atoms with van der Waals surface area (Å²) in [7, 11) is 2.80. The van der Waals surface area contributed by atoms with E-state index in [1.54, 1.807) is 31.4 Å². The average Bonchev–Trinajstić information content (AvgIpc) is 2.26. The number of hydrogen-bond acceptors (Lipinski definition) is 4. The Morgan fingerprint density at radius 1 is 1.40 bits per heavy atom. The molecule has 15 heavy (non-hydrogen) atoms. The van der Waals surface area contributed by atoms with Gasteiger partial charge in [-0.1, -0.05) is 0 Å². The Labute approximate surface area is 87.4 Å². The SMILES string of the molecule is COc1ccc(NNC(=O)N(C)O)cc1. The first-order chi connectivity index (χ1) is 7.13. The number of hydrazine groups is 1. The lowest BCUT2D eigenvalue weighted by Gasteiger charge is -2.12. The lowest BCUT2D eigenvalue weighted by Crippen LogP contribution is -2.38. The third kappa shape index (κ3) is 3.35. The van der Waals surface area contributed by atoms with Crippen LogP contribution in [0.5, 0.6) is 5.75 Å². The fraction of sp³-hybridized carbons (Fsp3) is 0.222. The number of carbonyl (C=O) groups excluding carboxylic acids is 1. The smallest absolute Gasteiger partial charge is 0.359 e. The van der Waals surface area contributed by atoms with Gasteiger partial charge in [-0.2, -0.15) is 0 Å². The van der Waals surface area contributed by atoms with E-state index in [-0.39, 0.29) is 0 Å². The third-order valence-corrected chi connectivity index (χ3v) is 1.70. The number of hydroxylamine groups is 2. The van der Waals surface area contributed by atoms with E-state index in [9.17, 15) is 4.79 Å². The standard InChI is InChI=1S/C9H13N3O3/c1-12(14)9(13)11-10-7-3-5-8(15-2)6-4-7/h3-6,10,14H,1-2H3,(H,11,13). The van der Waals surface area contributed by atoms with Crippen molar-refractivity contribution >= 4 is 11.7 Å². The molecule has 0 heterocycles. The van der Waals surface area contributed by atoms with Crippen molar-refractivity contribution in [3.8, 4) is 5.75 Å². The topological polar surface area (TPSA) is 73.8 Å². The first kappa shape index (κ1) is 11.1. The van der Waals surface area contributed by atoms with Gasteiger partial charge in [-0.3, -0.25) is 10.6 Å². The molecular formula is C9H13N3O3. The van der Waals surface area contributed by atoms with Crippen molar-refractivity contribution in [1.82, 2.24) is 10.5 Å². The highest BCUT2D eigenvalue weighted by Crippen LogP contribution is 2.13. The summed E-state index contributed by atoms with van der Waals surface area (Å²) < 4.78 is 4.97. The molecule has 0 aromatic heterocycles. The predicted octanol–water partition coefficient (Wildman–Crippen LogP) is 1.05. The number of carbonyl (C=O) groups is 1. The van der Waals surface area contributed by atoms with Crippen LogP contribution in [0.4, 0.5) is 10.5 Å². The van der Waals surface area contributed by atoms with Crippen LogP contribution in [0.25, 0.3) is 0 Å². The largest absolute Gasteiger partial charge is 0.497 e. The highest BCUT2D eigenvalue weighted by atomic mass is 16.5. The molecule has 0 aliphatic rings. The van der Waals surface area contributed by atoms with E-state index >= 15 is 0 Å². The van der Waals surface area contributed by atoms with Gasteiger partial charge >= 0.3 is 6.03 Å². The predicted molar refractivity (Wildman–Crippen MR) is 54.7 cm³/mol. The monoisotopic (exact) mass is 211 g/mol. The lowest BCUT2D eigenvalue weighted by molar-refractivity contribution is -0.0174. The van der Waals surface area contributed by atoms with Gasteiger partial charge in [-0.05, 0) is 24.3 Å². The number of anilines is 1. The molecule has 6 nitrogen and oxygen atoms in total. The van der Waals surface area contributed by atoms with Crippen LogP contribution in [0.15, 0.2) is 24.3 Å². The zero-order valence-corrected chi connectivity index (χ0v) is 8.52. The molecule has 1 aromatic carbocycles. The molecule has 1 rings (SSSR count). The van der Waals surface area contributed by atoms with Crippen LogP contribution in [0.1, 0.15) is 0 Å². The molecule has 0 aliphatic carbocycles. The van der Waals surface area contributed by atoms with E-state index in [0.29, 0.717) is 10.8 Å². The Morgan fingerprint density at radius 3 is 2.47 bits per heavy atom. The van der Waals surface area contributed by atoms with Gasteiger partial charge in [0.2, 0.25) is 0 Å². The van der Waals surface area contributed by atoms with Crippen molar-refractivity contribution in [3.05, 3.63) is 24.3 Å². The first-order valence-electron chi connectivity index (χ1n) is 4.26. The minimum atomic E-state index is -0.647. The summed E-state index contributed by atoms with van der Waals surface area (Å²) in [5.41, 5.74) is 5.59. The number of rotatable bonds is 3. The normalized spacial score (nSPS) is 9.27. The molecule has 0 spiro atoms. The molecular weight excluding hydrogens is 198 g/mol. The quantitative estimate of drug-likeness (QED) is 0.516. The van der Waals surface area contributed by atoms with E-state index in [1.165, 1.54) is 7.05 Å². The van der Waals surface area contributed by atoms with Gasteiger partial charge < -0.3 is 4.74 Å². The van der Waals surface area contributed by atoms with Gasteiger partial charge in [0.25, 0.3) is 0 Å². The van der Waals surface area contributed by atoms with Gasteiger partial charge in [0.1, 0.15) is 5.75 Å². The first-order valence-corrected chi connectivity index (χ1v) is 4.26. The molecule has 0 atom stereocenters. The van der Waals surface area contributed by atoms with Crippen LogP contribution >= 0.6 is 0 Å². The number of nitrogens with one attached hydrogen (secondary N) is 2. The summed E-state index contributed by atoms with van der Waals surface area (Å²) >= 11 is 0. The molecule has 6 heteroatoms. The van der Waals surface area contributed by atoms with E-state index < -0.39 is 6.03 Å². The maximum absolute atomic E-state index is 10.9. The summed E-state index contributed by atoms with van der Waals surface area (Å²) in [6, 6.07) is 6.31. The van der Waals surface area contributed by atoms with Crippen LogP contribution in [0.3, 0.4) is 0 Å². The Morgan fingerprint density at radius 2 is 2.00 bits per heavy atom. The summed E-state index contributed by atoms with van der Waals surface area (Å²) in [5.74, 6) is 0.728. The van der Waals surface area contributed by atoms with Crippen LogP contribution in [-0.4, -0.2) is 30.5 Å².